The van der Waals surface area contributed by atoms with Crippen LogP contribution in [0.4, 0.5) is 0 Å². The lowest BCUT2D eigenvalue weighted by atomic mass is 9.84. The number of hydrogen-bond donors (Lipinski definition) is 0. The predicted molar refractivity (Wildman–Crippen MR) is 142 cm³/mol. The molecular formula is C27H31NO4S2. The Bertz CT molecular complexity index is 1050. The molecule has 0 unspecified atom stereocenters. The largest absolute Gasteiger partial charge is 0.493 e. The highest BCUT2D eigenvalue weighted by atomic mass is 32.2. The normalized spacial score (nSPS) is 17.9. The molecule has 0 N–H and O–H groups in total. The zero-order chi connectivity index (χ0) is 23.9. The van der Waals surface area contributed by atoms with Gasteiger partial charge in [0.2, 0.25) is 0 Å². The van der Waals surface area contributed by atoms with Crippen molar-refractivity contribution in [2.45, 2.75) is 44.9 Å². The molecule has 0 aromatic heterocycles. The Balaban J connectivity index is 1.30. The van der Waals surface area contributed by atoms with E-state index in [1.54, 1.807) is 12.0 Å². The van der Waals surface area contributed by atoms with E-state index in [1.165, 1.54) is 49.4 Å². The second-order valence-corrected chi connectivity index (χ2v) is 10.1. The minimum atomic E-state index is -0.0549. The Morgan fingerprint density at radius 3 is 2.44 bits per heavy atom. The number of thiocarbonyl (C=S) groups is 1. The van der Waals surface area contributed by atoms with Crippen molar-refractivity contribution in [3.63, 3.8) is 0 Å². The summed E-state index contributed by atoms with van der Waals surface area (Å²) < 4.78 is 17.9. The molecule has 1 aliphatic heterocycles. The van der Waals surface area contributed by atoms with Crippen LogP contribution in [0.25, 0.3) is 6.08 Å². The first-order valence-electron chi connectivity index (χ1n) is 11.9. The van der Waals surface area contributed by atoms with E-state index < -0.39 is 0 Å². The molecule has 4 rings (SSSR count). The summed E-state index contributed by atoms with van der Waals surface area (Å²) in [5.41, 5.74) is 2.28. The molecule has 34 heavy (non-hydrogen) atoms. The first-order chi connectivity index (χ1) is 16.6. The van der Waals surface area contributed by atoms with Crippen LogP contribution in [0, 0.1) is 0 Å². The van der Waals surface area contributed by atoms with Crippen molar-refractivity contribution < 1.29 is 19.0 Å². The molecule has 2 aromatic carbocycles. The molecule has 1 saturated heterocycles. The molecule has 1 saturated carbocycles. The van der Waals surface area contributed by atoms with Crippen molar-refractivity contribution in [3.8, 4) is 17.2 Å². The fourth-order valence-electron chi connectivity index (χ4n) is 4.40. The highest BCUT2D eigenvalue weighted by Gasteiger charge is 2.30. The minimum absolute atomic E-state index is 0.0549. The summed E-state index contributed by atoms with van der Waals surface area (Å²) >= 11 is 6.60. The van der Waals surface area contributed by atoms with Gasteiger partial charge in [-0.25, -0.2) is 0 Å². The summed E-state index contributed by atoms with van der Waals surface area (Å²) in [5.74, 6) is 2.74. The smallest absolute Gasteiger partial charge is 0.266 e. The SMILES string of the molecule is CCN1C(=O)C(=Cc2ccc(OCCOc3ccc(C4CCCCC4)cc3)c(OC)c2)SC1=S. The van der Waals surface area contributed by atoms with Crippen LogP contribution in [0.3, 0.4) is 0 Å². The Labute approximate surface area is 211 Å². The second kappa shape index (κ2) is 11.8. The number of rotatable bonds is 9. The van der Waals surface area contributed by atoms with Crippen LogP contribution < -0.4 is 14.2 Å². The van der Waals surface area contributed by atoms with Gasteiger partial charge in [0.15, 0.2) is 11.5 Å². The van der Waals surface area contributed by atoms with E-state index in [4.69, 9.17) is 26.4 Å². The van der Waals surface area contributed by atoms with E-state index in [1.807, 2.05) is 31.2 Å². The van der Waals surface area contributed by atoms with Crippen LogP contribution in [0.1, 0.15) is 56.1 Å². The standard InChI is InChI=1S/C27H31NO4S2/c1-3-28-26(29)25(34-27(28)33)18-19-9-14-23(24(17-19)30-2)32-16-15-31-22-12-10-21(11-13-22)20-7-5-4-6-8-20/h9-14,17-18,20H,3-8,15-16H2,1-2H3. The van der Waals surface area contributed by atoms with Crippen molar-refractivity contribution in [2.24, 2.45) is 0 Å². The molecule has 0 spiro atoms. The topological polar surface area (TPSA) is 48.0 Å². The van der Waals surface area contributed by atoms with E-state index in [0.717, 1.165) is 11.3 Å². The third-order valence-electron chi connectivity index (χ3n) is 6.24. The number of methoxy groups -OCH3 is 1. The molecule has 0 radical (unpaired) electrons. The monoisotopic (exact) mass is 497 g/mol. The van der Waals surface area contributed by atoms with E-state index in [2.05, 4.69) is 24.3 Å². The van der Waals surface area contributed by atoms with Crippen LogP contribution in [-0.4, -0.2) is 42.0 Å². The number of likely N-dealkylation sites (N-methyl/N-ethyl adjacent to an activating group) is 1. The van der Waals surface area contributed by atoms with Gasteiger partial charge >= 0.3 is 0 Å². The van der Waals surface area contributed by atoms with Gasteiger partial charge in [-0.15, -0.1) is 0 Å². The van der Waals surface area contributed by atoms with Gasteiger partial charge in [-0.2, -0.15) is 0 Å². The van der Waals surface area contributed by atoms with Gasteiger partial charge in [0, 0.05) is 6.54 Å². The minimum Gasteiger partial charge on any atom is -0.493 e. The summed E-state index contributed by atoms with van der Waals surface area (Å²) in [6, 6.07) is 14.1. The average molecular weight is 498 g/mol. The Morgan fingerprint density at radius 1 is 1.03 bits per heavy atom. The Kier molecular flexibility index (Phi) is 8.51. The van der Waals surface area contributed by atoms with E-state index >= 15 is 0 Å². The number of benzene rings is 2. The number of hydrogen-bond acceptors (Lipinski definition) is 6. The summed E-state index contributed by atoms with van der Waals surface area (Å²) in [6.07, 6.45) is 8.47. The van der Waals surface area contributed by atoms with Crippen LogP contribution in [0.15, 0.2) is 47.4 Å². The van der Waals surface area contributed by atoms with Crippen molar-refractivity contribution in [2.75, 3.05) is 26.9 Å². The number of amides is 1. The molecule has 2 aromatic rings. The Morgan fingerprint density at radius 2 is 1.76 bits per heavy atom. The maximum absolute atomic E-state index is 12.4. The first-order valence-corrected chi connectivity index (χ1v) is 13.1. The lowest BCUT2D eigenvalue weighted by molar-refractivity contribution is -0.121. The number of thioether (sulfide) groups is 1. The molecule has 1 heterocycles. The lowest BCUT2D eigenvalue weighted by Gasteiger charge is -2.22. The molecule has 0 atom stereocenters. The summed E-state index contributed by atoms with van der Waals surface area (Å²) in [6.45, 7) is 3.33. The van der Waals surface area contributed by atoms with Gasteiger partial charge in [-0.05, 0) is 67.2 Å². The van der Waals surface area contributed by atoms with E-state index in [-0.39, 0.29) is 5.91 Å². The molecule has 7 heteroatoms. The van der Waals surface area contributed by atoms with Crippen molar-refractivity contribution in [3.05, 3.63) is 58.5 Å². The molecule has 0 bridgehead atoms. The first kappa shape index (κ1) is 24.6. The highest BCUT2D eigenvalue weighted by Crippen LogP contribution is 2.35. The van der Waals surface area contributed by atoms with Crippen molar-refractivity contribution in [1.82, 2.24) is 4.90 Å². The quantitative estimate of drug-likeness (QED) is 0.226. The van der Waals surface area contributed by atoms with E-state index in [9.17, 15) is 4.79 Å². The molecule has 5 nitrogen and oxygen atoms in total. The maximum atomic E-state index is 12.4. The third-order valence-corrected chi connectivity index (χ3v) is 7.62. The van der Waals surface area contributed by atoms with Gasteiger partial charge in [0.25, 0.3) is 5.91 Å². The molecule has 1 aliphatic carbocycles. The number of ether oxygens (including phenoxy) is 3. The molecular weight excluding hydrogens is 466 g/mol. The van der Waals surface area contributed by atoms with Crippen molar-refractivity contribution in [1.29, 1.82) is 0 Å². The number of carbonyl (C=O) groups is 1. The highest BCUT2D eigenvalue weighted by molar-refractivity contribution is 8.26. The summed E-state index contributed by atoms with van der Waals surface area (Å²) in [5, 5.41) is 0. The number of nitrogens with zero attached hydrogens (tertiary/aromatic N) is 1. The van der Waals surface area contributed by atoms with Gasteiger partial charge in [0.05, 0.1) is 12.0 Å². The van der Waals surface area contributed by atoms with Crippen LogP contribution in [-0.2, 0) is 4.79 Å². The predicted octanol–water partition coefficient (Wildman–Crippen LogP) is 6.42. The van der Waals surface area contributed by atoms with Gasteiger partial charge in [-0.3, -0.25) is 9.69 Å². The maximum Gasteiger partial charge on any atom is 0.266 e. The van der Waals surface area contributed by atoms with Crippen molar-refractivity contribution >= 4 is 40.3 Å². The lowest BCUT2D eigenvalue weighted by Crippen LogP contribution is -2.27. The zero-order valence-electron chi connectivity index (χ0n) is 19.7. The summed E-state index contributed by atoms with van der Waals surface area (Å²) in [7, 11) is 1.60. The van der Waals surface area contributed by atoms with E-state index in [0.29, 0.717) is 46.4 Å². The van der Waals surface area contributed by atoms with Gasteiger partial charge < -0.3 is 14.2 Å². The number of carbonyl (C=O) groups excluding carboxylic acids is 1. The van der Waals surface area contributed by atoms with Crippen LogP contribution >= 0.6 is 24.0 Å². The van der Waals surface area contributed by atoms with Crippen LogP contribution in [0.5, 0.6) is 17.2 Å². The average Bonchev–Trinajstić information content (AvgIpc) is 3.14. The third kappa shape index (κ3) is 5.94. The van der Waals surface area contributed by atoms with Gasteiger partial charge in [-0.1, -0.05) is 61.4 Å². The van der Waals surface area contributed by atoms with Crippen LogP contribution in [0.2, 0.25) is 0 Å². The molecule has 2 fully saturated rings. The fraction of sp³-hybridized carbons (Fsp3) is 0.407. The van der Waals surface area contributed by atoms with Gasteiger partial charge in [0.1, 0.15) is 23.3 Å². The summed E-state index contributed by atoms with van der Waals surface area (Å²) in [4.78, 5) is 14.7. The second-order valence-electron chi connectivity index (χ2n) is 8.44. The fourth-order valence-corrected chi connectivity index (χ4v) is 5.78. The molecule has 1 amide bonds. The molecule has 180 valence electrons. The Hall–Kier alpha value is -2.51. The molecule has 2 aliphatic rings. The zero-order valence-corrected chi connectivity index (χ0v) is 21.4.